The Morgan fingerprint density at radius 1 is 0.879 bits per heavy atom. The molecule has 0 amide bonds. The van der Waals surface area contributed by atoms with Crippen LogP contribution in [0.2, 0.25) is 0 Å². The number of fused-ring (bicyclic) bond motifs is 1. The van der Waals surface area contributed by atoms with Crippen LogP contribution in [0.1, 0.15) is 11.4 Å². The largest absolute Gasteiger partial charge is 0.340 e. The minimum atomic E-state index is -0.379. The highest BCUT2D eigenvalue weighted by molar-refractivity contribution is 5.74. The summed E-state index contributed by atoms with van der Waals surface area (Å²) in [5.74, 6) is 1.52. The van der Waals surface area contributed by atoms with E-state index in [-0.39, 0.29) is 11.2 Å². The number of benzene rings is 1. The van der Waals surface area contributed by atoms with Gasteiger partial charge in [0.05, 0.1) is 13.1 Å². The predicted octanol–water partition coefficient (Wildman–Crippen LogP) is -0.672. The summed E-state index contributed by atoms with van der Waals surface area (Å²) in [7, 11) is 4.94. The second kappa shape index (κ2) is 8.28. The molecule has 1 aromatic carbocycles. The molecule has 0 N–H and O–H groups in total. The molecule has 0 bridgehead atoms. The topological polar surface area (TPSA) is 112 Å². The minimum Gasteiger partial charge on any atom is -0.340 e. The van der Waals surface area contributed by atoms with Crippen LogP contribution in [0.25, 0.3) is 11.2 Å². The highest BCUT2D eigenvalue weighted by atomic mass is 16.2. The van der Waals surface area contributed by atoms with Crippen molar-refractivity contribution in [1.29, 1.82) is 0 Å². The maximum atomic E-state index is 12.7. The number of aromatic nitrogens is 8. The van der Waals surface area contributed by atoms with Crippen LogP contribution < -0.4 is 16.1 Å². The van der Waals surface area contributed by atoms with E-state index in [0.717, 1.165) is 42.1 Å². The molecule has 3 aromatic heterocycles. The first-order valence-corrected chi connectivity index (χ1v) is 10.8. The van der Waals surface area contributed by atoms with Crippen molar-refractivity contribution in [2.24, 2.45) is 21.1 Å². The lowest BCUT2D eigenvalue weighted by molar-refractivity contribution is 0.238. The van der Waals surface area contributed by atoms with E-state index < -0.39 is 0 Å². The van der Waals surface area contributed by atoms with Crippen molar-refractivity contribution in [2.45, 2.75) is 13.1 Å². The zero-order chi connectivity index (χ0) is 23.1. The average Bonchev–Trinajstić information content (AvgIpc) is 3.41. The van der Waals surface area contributed by atoms with Gasteiger partial charge in [-0.1, -0.05) is 30.3 Å². The van der Waals surface area contributed by atoms with Gasteiger partial charge in [-0.2, -0.15) is 4.98 Å². The van der Waals surface area contributed by atoms with Gasteiger partial charge in [-0.25, -0.2) is 9.48 Å². The van der Waals surface area contributed by atoms with E-state index in [9.17, 15) is 9.59 Å². The Kier molecular flexibility index (Phi) is 5.29. The lowest BCUT2D eigenvalue weighted by atomic mass is 10.2. The van der Waals surface area contributed by atoms with Crippen LogP contribution in [-0.2, 0) is 34.2 Å². The standard InChI is InChI=1S/C21H26N10O2/c1-26-17-18(27(2)21(33)28(3)19(17)32)22-20(26)30-11-9-29(10-12-30)14-16-23-24-25-31(16)13-15-7-5-4-6-8-15/h4-8H,9-14H2,1-3H3. The SMILES string of the molecule is Cn1c(=O)c2c(nc(N3CCN(Cc4nnnn4Cc4ccccc4)CC3)n2C)n(C)c1=O. The highest BCUT2D eigenvalue weighted by Crippen LogP contribution is 2.19. The molecule has 1 saturated heterocycles. The zero-order valence-corrected chi connectivity index (χ0v) is 18.9. The van der Waals surface area contributed by atoms with E-state index in [1.54, 1.807) is 11.6 Å². The van der Waals surface area contributed by atoms with Crippen molar-refractivity contribution in [3.05, 3.63) is 62.6 Å². The summed E-state index contributed by atoms with van der Waals surface area (Å²) in [5, 5.41) is 12.2. The van der Waals surface area contributed by atoms with Gasteiger partial charge < -0.3 is 9.47 Å². The molecule has 1 fully saturated rings. The van der Waals surface area contributed by atoms with Crippen LogP contribution in [0.3, 0.4) is 0 Å². The first kappa shape index (κ1) is 21.1. The number of nitrogens with zero attached hydrogens (tertiary/aromatic N) is 10. The number of anilines is 1. The fraction of sp³-hybridized carbons (Fsp3) is 0.429. The third-order valence-corrected chi connectivity index (χ3v) is 6.25. The number of piperazine rings is 1. The van der Waals surface area contributed by atoms with Gasteiger partial charge >= 0.3 is 5.69 Å². The molecule has 1 aliphatic rings. The van der Waals surface area contributed by atoms with E-state index in [2.05, 4.69) is 42.4 Å². The summed E-state index contributed by atoms with van der Waals surface area (Å²) < 4.78 is 6.16. The van der Waals surface area contributed by atoms with Crippen molar-refractivity contribution in [3.63, 3.8) is 0 Å². The van der Waals surface area contributed by atoms with Gasteiger partial charge in [0.2, 0.25) is 5.95 Å². The lowest BCUT2D eigenvalue weighted by Crippen LogP contribution is -2.47. The molecule has 0 unspecified atom stereocenters. The Morgan fingerprint density at radius 3 is 2.33 bits per heavy atom. The summed E-state index contributed by atoms with van der Waals surface area (Å²) in [6.45, 7) is 4.38. The predicted molar refractivity (Wildman–Crippen MR) is 122 cm³/mol. The molecule has 5 rings (SSSR count). The quantitative estimate of drug-likeness (QED) is 0.394. The first-order valence-electron chi connectivity index (χ1n) is 10.8. The third-order valence-electron chi connectivity index (χ3n) is 6.25. The summed E-state index contributed by atoms with van der Waals surface area (Å²) >= 11 is 0. The Hall–Kier alpha value is -3.80. The van der Waals surface area contributed by atoms with Gasteiger partial charge in [0, 0.05) is 47.3 Å². The highest BCUT2D eigenvalue weighted by Gasteiger charge is 2.25. The van der Waals surface area contributed by atoms with E-state index in [4.69, 9.17) is 0 Å². The Labute approximate surface area is 189 Å². The summed E-state index contributed by atoms with van der Waals surface area (Å²) in [5.41, 5.74) is 1.27. The van der Waals surface area contributed by atoms with Crippen molar-refractivity contribution < 1.29 is 0 Å². The van der Waals surface area contributed by atoms with Crippen LogP contribution in [-0.4, -0.2) is 70.0 Å². The monoisotopic (exact) mass is 450 g/mol. The Morgan fingerprint density at radius 2 is 1.61 bits per heavy atom. The van der Waals surface area contributed by atoms with E-state index >= 15 is 0 Å². The molecule has 0 atom stereocenters. The fourth-order valence-corrected chi connectivity index (χ4v) is 4.31. The Bertz CT molecular complexity index is 1410. The zero-order valence-electron chi connectivity index (χ0n) is 18.9. The third kappa shape index (κ3) is 3.71. The smallest absolute Gasteiger partial charge is 0.332 e. The molecule has 33 heavy (non-hydrogen) atoms. The molecule has 0 spiro atoms. The molecular formula is C21H26N10O2. The van der Waals surface area contributed by atoms with Gasteiger partial charge in [-0.3, -0.25) is 18.8 Å². The molecule has 12 nitrogen and oxygen atoms in total. The molecule has 172 valence electrons. The molecular weight excluding hydrogens is 424 g/mol. The second-order valence-electron chi connectivity index (χ2n) is 8.35. The van der Waals surface area contributed by atoms with Gasteiger partial charge in [-0.05, 0) is 16.0 Å². The van der Waals surface area contributed by atoms with Crippen LogP contribution >= 0.6 is 0 Å². The maximum Gasteiger partial charge on any atom is 0.332 e. The Balaban J connectivity index is 1.30. The summed E-state index contributed by atoms with van der Waals surface area (Å²) in [6, 6.07) is 10.1. The van der Waals surface area contributed by atoms with Gasteiger partial charge in [-0.15, -0.1) is 5.10 Å². The maximum absolute atomic E-state index is 12.7. The molecule has 4 aromatic rings. The molecule has 1 aliphatic heterocycles. The van der Waals surface area contributed by atoms with Crippen LogP contribution in [0, 0.1) is 0 Å². The van der Waals surface area contributed by atoms with Gasteiger partial charge in [0.25, 0.3) is 5.56 Å². The first-order chi connectivity index (χ1) is 15.9. The van der Waals surface area contributed by atoms with E-state index in [0.29, 0.717) is 30.2 Å². The molecule has 0 saturated carbocycles. The van der Waals surface area contributed by atoms with Crippen LogP contribution in [0.4, 0.5) is 5.95 Å². The molecule has 12 heteroatoms. The normalized spacial score (nSPS) is 14.9. The number of imidazole rings is 1. The number of hydrogen-bond donors (Lipinski definition) is 0. The second-order valence-corrected chi connectivity index (χ2v) is 8.35. The van der Waals surface area contributed by atoms with Gasteiger partial charge in [0.1, 0.15) is 0 Å². The van der Waals surface area contributed by atoms with Crippen molar-refractivity contribution >= 4 is 17.1 Å². The fourth-order valence-electron chi connectivity index (χ4n) is 4.31. The molecule has 0 radical (unpaired) electrons. The van der Waals surface area contributed by atoms with E-state index in [1.807, 2.05) is 29.9 Å². The van der Waals surface area contributed by atoms with Crippen LogP contribution in [0.5, 0.6) is 0 Å². The molecule has 0 aliphatic carbocycles. The number of tetrazole rings is 1. The minimum absolute atomic E-state index is 0.335. The van der Waals surface area contributed by atoms with Crippen molar-refractivity contribution in [1.82, 2.24) is 43.8 Å². The summed E-state index contributed by atoms with van der Waals surface area (Å²) in [6.07, 6.45) is 0. The van der Waals surface area contributed by atoms with Gasteiger partial charge in [0.15, 0.2) is 17.0 Å². The number of rotatable bonds is 5. The average molecular weight is 451 g/mol. The number of aryl methyl sites for hydroxylation is 2. The van der Waals surface area contributed by atoms with Crippen LogP contribution in [0.15, 0.2) is 39.9 Å². The van der Waals surface area contributed by atoms with Crippen molar-refractivity contribution in [2.75, 3.05) is 31.1 Å². The lowest BCUT2D eigenvalue weighted by Gasteiger charge is -2.34. The number of hydrogen-bond acceptors (Lipinski definition) is 8. The summed E-state index contributed by atoms with van der Waals surface area (Å²) in [4.78, 5) is 34.0. The van der Waals surface area contributed by atoms with Crippen molar-refractivity contribution in [3.8, 4) is 0 Å². The van der Waals surface area contributed by atoms with E-state index in [1.165, 1.54) is 11.6 Å². The molecule has 4 heterocycles.